The first-order valence-corrected chi connectivity index (χ1v) is 2.23. The lowest BCUT2D eigenvalue weighted by atomic mass is 10.3. The van der Waals surface area contributed by atoms with Gasteiger partial charge >= 0.3 is 0 Å². The first kappa shape index (κ1) is 5.00. The normalized spacial score (nSPS) is 17.0. The van der Waals surface area contributed by atoms with Gasteiger partial charge in [-0.2, -0.15) is 0 Å². The van der Waals surface area contributed by atoms with Crippen LogP contribution in [0.25, 0.3) is 0 Å². The van der Waals surface area contributed by atoms with Crippen LogP contribution in [-0.2, 0) is 9.59 Å². The number of rotatable bonds is 1. The van der Waals surface area contributed by atoms with Crippen molar-refractivity contribution in [2.45, 2.75) is 6.42 Å². The van der Waals surface area contributed by atoms with Crippen molar-refractivity contribution in [1.82, 2.24) is 5.01 Å². The number of hydrazone groups is 1. The monoisotopic (exact) mass is 112 g/mol. The summed E-state index contributed by atoms with van der Waals surface area (Å²) in [6.07, 6.45) is 1.79. The van der Waals surface area contributed by atoms with Gasteiger partial charge in [0, 0.05) is 6.42 Å². The molecule has 0 N–H and O–H groups in total. The average molecular weight is 112 g/mol. The summed E-state index contributed by atoms with van der Waals surface area (Å²) in [7, 11) is 0. The van der Waals surface area contributed by atoms with Crippen LogP contribution in [-0.4, -0.2) is 23.5 Å². The third kappa shape index (κ3) is 0.611. The molecule has 0 aromatic rings. The van der Waals surface area contributed by atoms with Crippen molar-refractivity contribution in [2.75, 3.05) is 6.54 Å². The summed E-state index contributed by atoms with van der Waals surface area (Å²) < 4.78 is 0. The number of carbonyl (C=O) groups excluding carboxylic acids is 2. The highest BCUT2D eigenvalue weighted by Crippen LogP contribution is 2.06. The van der Waals surface area contributed by atoms with Crippen LogP contribution in [0.3, 0.4) is 0 Å². The van der Waals surface area contributed by atoms with E-state index in [0.717, 1.165) is 5.01 Å². The molecule has 1 rings (SSSR count). The summed E-state index contributed by atoms with van der Waals surface area (Å²) in [6.45, 7) is 0.564. The van der Waals surface area contributed by atoms with Crippen LogP contribution < -0.4 is 0 Å². The van der Waals surface area contributed by atoms with E-state index in [-0.39, 0.29) is 5.91 Å². The van der Waals surface area contributed by atoms with Gasteiger partial charge in [-0.05, 0) is 0 Å². The SMILES string of the molecule is O=C=NN1CCC1=O. The van der Waals surface area contributed by atoms with E-state index in [0.29, 0.717) is 13.0 Å². The van der Waals surface area contributed by atoms with Gasteiger partial charge in [0.25, 0.3) is 6.08 Å². The fourth-order valence-corrected chi connectivity index (χ4v) is 0.458. The van der Waals surface area contributed by atoms with Crippen molar-refractivity contribution < 1.29 is 9.59 Å². The Morgan fingerprint density at radius 3 is 2.62 bits per heavy atom. The van der Waals surface area contributed by atoms with Crippen LogP contribution in [0.1, 0.15) is 6.42 Å². The number of carbonyl (C=O) groups is 1. The van der Waals surface area contributed by atoms with Gasteiger partial charge < -0.3 is 0 Å². The van der Waals surface area contributed by atoms with Crippen molar-refractivity contribution in [3.63, 3.8) is 0 Å². The van der Waals surface area contributed by atoms with Crippen molar-refractivity contribution in [1.29, 1.82) is 0 Å². The van der Waals surface area contributed by atoms with Crippen LogP contribution in [0.2, 0.25) is 0 Å². The number of amides is 1. The van der Waals surface area contributed by atoms with Gasteiger partial charge in [0.2, 0.25) is 5.91 Å². The molecule has 0 aromatic heterocycles. The Morgan fingerprint density at radius 2 is 2.50 bits per heavy atom. The van der Waals surface area contributed by atoms with Gasteiger partial charge in [0.05, 0.1) is 6.54 Å². The van der Waals surface area contributed by atoms with Gasteiger partial charge in [-0.15, -0.1) is 0 Å². The van der Waals surface area contributed by atoms with Gasteiger partial charge in [-0.25, -0.2) is 9.80 Å². The third-order valence-corrected chi connectivity index (χ3v) is 0.987. The van der Waals surface area contributed by atoms with Crippen LogP contribution in [0.5, 0.6) is 0 Å². The minimum Gasteiger partial charge on any atom is -0.273 e. The van der Waals surface area contributed by atoms with Crippen molar-refractivity contribution in [3.8, 4) is 0 Å². The molecule has 0 radical (unpaired) electrons. The first-order chi connectivity index (χ1) is 3.84. The van der Waals surface area contributed by atoms with Crippen LogP contribution in [0.4, 0.5) is 0 Å². The highest BCUT2D eigenvalue weighted by molar-refractivity contribution is 5.81. The van der Waals surface area contributed by atoms with Gasteiger partial charge in [0.1, 0.15) is 0 Å². The van der Waals surface area contributed by atoms with E-state index in [2.05, 4.69) is 5.10 Å². The molecule has 4 heteroatoms. The molecule has 0 aliphatic carbocycles. The molecule has 0 aromatic carbocycles. The summed E-state index contributed by atoms with van der Waals surface area (Å²) in [6, 6.07) is 0. The molecule has 4 nitrogen and oxygen atoms in total. The largest absolute Gasteiger partial charge is 0.273 e. The molecule has 1 saturated heterocycles. The molecule has 0 atom stereocenters. The molecule has 8 heavy (non-hydrogen) atoms. The maximum absolute atomic E-state index is 10.3. The van der Waals surface area contributed by atoms with Crippen molar-refractivity contribution in [2.24, 2.45) is 5.10 Å². The Morgan fingerprint density at radius 1 is 1.75 bits per heavy atom. The molecule has 1 aliphatic heterocycles. The van der Waals surface area contributed by atoms with Crippen LogP contribution >= 0.6 is 0 Å². The Kier molecular flexibility index (Phi) is 1.10. The minimum absolute atomic E-state index is 0.103. The predicted octanol–water partition coefficient (Wildman–Crippen LogP) is -0.530. The Balaban J connectivity index is 2.49. The summed E-state index contributed by atoms with van der Waals surface area (Å²) in [4.78, 5) is 19.7. The smallest absolute Gasteiger partial charge is 0.258 e. The Labute approximate surface area is 45.8 Å². The Hall–Kier alpha value is -1.15. The quantitative estimate of drug-likeness (QED) is 0.260. The topological polar surface area (TPSA) is 49.7 Å². The van der Waals surface area contributed by atoms with Crippen molar-refractivity contribution >= 4 is 12.0 Å². The predicted molar refractivity (Wildman–Crippen MR) is 24.5 cm³/mol. The van der Waals surface area contributed by atoms with E-state index in [1.807, 2.05) is 0 Å². The van der Waals surface area contributed by atoms with E-state index >= 15 is 0 Å². The molecule has 1 amide bonds. The number of hydrogen-bond donors (Lipinski definition) is 0. The van der Waals surface area contributed by atoms with Crippen LogP contribution in [0.15, 0.2) is 5.10 Å². The fraction of sp³-hybridized carbons (Fsp3) is 0.500. The van der Waals surface area contributed by atoms with E-state index in [4.69, 9.17) is 0 Å². The lowest BCUT2D eigenvalue weighted by molar-refractivity contribution is -0.139. The summed E-state index contributed by atoms with van der Waals surface area (Å²) in [5.74, 6) is -0.103. The molecule has 1 aliphatic rings. The zero-order chi connectivity index (χ0) is 5.98. The van der Waals surface area contributed by atoms with Crippen molar-refractivity contribution in [3.05, 3.63) is 0 Å². The lowest BCUT2D eigenvalue weighted by Crippen LogP contribution is -2.38. The third-order valence-electron chi connectivity index (χ3n) is 0.987. The number of hydrogen-bond acceptors (Lipinski definition) is 3. The molecule has 0 saturated carbocycles. The number of isocyanates is 1. The molecule has 1 heterocycles. The second-order valence-electron chi connectivity index (χ2n) is 1.46. The van der Waals surface area contributed by atoms with Crippen LogP contribution in [0, 0.1) is 0 Å². The Bertz CT molecular complexity index is 157. The lowest BCUT2D eigenvalue weighted by Gasteiger charge is -2.22. The van der Waals surface area contributed by atoms with Gasteiger partial charge in [0.15, 0.2) is 0 Å². The first-order valence-electron chi connectivity index (χ1n) is 2.23. The molecule has 42 valence electrons. The van der Waals surface area contributed by atoms with Gasteiger partial charge in [-0.1, -0.05) is 5.10 Å². The summed E-state index contributed by atoms with van der Waals surface area (Å²) in [5, 5.41) is 4.18. The van der Waals surface area contributed by atoms with E-state index in [9.17, 15) is 9.59 Å². The molecule has 0 bridgehead atoms. The maximum atomic E-state index is 10.3. The molecular formula is C4H4N2O2. The maximum Gasteiger partial charge on any atom is 0.258 e. The van der Waals surface area contributed by atoms with E-state index < -0.39 is 0 Å². The second-order valence-corrected chi connectivity index (χ2v) is 1.46. The standard InChI is InChI=1S/C4H4N2O2/c7-3-5-6-2-1-4(6)8/h1-2H2. The molecular weight excluding hydrogens is 108 g/mol. The minimum atomic E-state index is -0.103. The highest BCUT2D eigenvalue weighted by Gasteiger charge is 2.22. The zero-order valence-electron chi connectivity index (χ0n) is 4.13. The molecule has 0 unspecified atom stereocenters. The number of β-lactam (4-membered cyclic amide) rings is 1. The summed E-state index contributed by atoms with van der Waals surface area (Å²) >= 11 is 0. The molecule has 1 fully saturated rings. The van der Waals surface area contributed by atoms with Gasteiger partial charge in [-0.3, -0.25) is 4.79 Å². The number of nitrogens with zero attached hydrogens (tertiary/aromatic N) is 2. The highest BCUT2D eigenvalue weighted by atomic mass is 16.2. The molecule has 0 spiro atoms. The van der Waals surface area contributed by atoms with E-state index in [1.54, 1.807) is 0 Å². The second kappa shape index (κ2) is 1.76. The fourth-order valence-electron chi connectivity index (χ4n) is 0.458. The van der Waals surface area contributed by atoms with E-state index in [1.165, 1.54) is 6.08 Å². The average Bonchev–Trinajstić information content (AvgIpc) is 1.79. The summed E-state index contributed by atoms with van der Waals surface area (Å²) in [5.41, 5.74) is 0. The zero-order valence-corrected chi connectivity index (χ0v) is 4.13.